The van der Waals surface area contributed by atoms with Gasteiger partial charge in [-0.15, -0.1) is 0 Å². The zero-order valence-electron chi connectivity index (χ0n) is 14.8. The van der Waals surface area contributed by atoms with Crippen LogP contribution in [0.4, 0.5) is 4.39 Å². The third-order valence-electron chi connectivity index (χ3n) is 3.66. The van der Waals surface area contributed by atoms with Gasteiger partial charge in [-0.25, -0.2) is 9.18 Å². The maximum absolute atomic E-state index is 13.5. The molecular formula is C20H26FNO2. The molecule has 24 heavy (non-hydrogen) atoms. The van der Waals surface area contributed by atoms with Crippen LogP contribution in [0.15, 0.2) is 42.5 Å². The highest BCUT2D eigenvalue weighted by Crippen LogP contribution is 2.26. The Balaban J connectivity index is 0.000000648. The van der Waals surface area contributed by atoms with Crippen molar-refractivity contribution in [3.05, 3.63) is 70.5 Å². The molecule has 4 heteroatoms. The van der Waals surface area contributed by atoms with Gasteiger partial charge < -0.3 is 10.5 Å². The van der Waals surface area contributed by atoms with Gasteiger partial charge in [-0.1, -0.05) is 32.0 Å². The van der Waals surface area contributed by atoms with Gasteiger partial charge in [0.25, 0.3) is 0 Å². The maximum atomic E-state index is 13.5. The molecule has 0 heterocycles. The van der Waals surface area contributed by atoms with Crippen molar-refractivity contribution in [3.8, 4) is 0 Å². The number of hydrogen-bond donors (Lipinski definition) is 1. The fraction of sp³-hybridized carbons (Fsp3) is 0.350. The molecule has 2 aromatic carbocycles. The summed E-state index contributed by atoms with van der Waals surface area (Å²) in [7, 11) is 1.36. The zero-order valence-corrected chi connectivity index (χ0v) is 14.8. The number of methoxy groups -OCH3 is 1. The average Bonchev–Trinajstić information content (AvgIpc) is 2.59. The second-order valence-corrected chi connectivity index (χ2v) is 5.69. The van der Waals surface area contributed by atoms with Gasteiger partial charge in [0.1, 0.15) is 5.82 Å². The Morgan fingerprint density at radius 1 is 1.21 bits per heavy atom. The van der Waals surface area contributed by atoms with Gasteiger partial charge >= 0.3 is 5.97 Å². The second kappa shape index (κ2) is 9.83. The van der Waals surface area contributed by atoms with Crippen LogP contribution >= 0.6 is 0 Å². The number of hydrogen-bond acceptors (Lipinski definition) is 3. The number of aryl methyl sites for hydroxylation is 1. The summed E-state index contributed by atoms with van der Waals surface area (Å²) in [5, 5.41) is 0. The molecule has 0 aliphatic rings. The first-order valence-electron chi connectivity index (χ1n) is 8.08. The summed E-state index contributed by atoms with van der Waals surface area (Å²) in [5.74, 6) is -0.598. The van der Waals surface area contributed by atoms with E-state index in [9.17, 15) is 9.18 Å². The average molecular weight is 331 g/mol. The van der Waals surface area contributed by atoms with Crippen LogP contribution in [0.3, 0.4) is 0 Å². The summed E-state index contributed by atoms with van der Waals surface area (Å²) in [4.78, 5) is 11.6. The van der Waals surface area contributed by atoms with Crippen LogP contribution < -0.4 is 5.73 Å². The van der Waals surface area contributed by atoms with Crippen molar-refractivity contribution in [2.75, 3.05) is 13.7 Å². The Bertz CT molecular complexity index is 648. The Morgan fingerprint density at radius 2 is 1.88 bits per heavy atom. The predicted octanol–water partition coefficient (Wildman–Crippen LogP) is 4.43. The molecule has 1 atom stereocenters. The number of carbonyl (C=O) groups is 1. The summed E-state index contributed by atoms with van der Waals surface area (Å²) in [6.07, 6.45) is 1.10. The van der Waals surface area contributed by atoms with Gasteiger partial charge in [-0.3, -0.25) is 0 Å². The largest absolute Gasteiger partial charge is 0.465 e. The van der Waals surface area contributed by atoms with Gasteiger partial charge in [0.2, 0.25) is 0 Å². The van der Waals surface area contributed by atoms with Crippen LogP contribution in [0.25, 0.3) is 0 Å². The summed E-state index contributed by atoms with van der Waals surface area (Å²) in [6, 6.07) is 12.2. The first-order chi connectivity index (χ1) is 11.4. The highest BCUT2D eigenvalue weighted by Gasteiger charge is 2.13. The number of halogens is 1. The Kier molecular flexibility index (Phi) is 8.13. The van der Waals surface area contributed by atoms with Crippen molar-refractivity contribution in [3.63, 3.8) is 0 Å². The Hall–Kier alpha value is -2.20. The predicted molar refractivity (Wildman–Crippen MR) is 95.8 cm³/mol. The minimum absolute atomic E-state index is 0.00834. The normalized spacial score (nSPS) is 11.2. The van der Waals surface area contributed by atoms with Gasteiger partial charge in [0.05, 0.1) is 12.7 Å². The lowest BCUT2D eigenvalue weighted by Crippen LogP contribution is -2.04. The molecule has 0 aromatic heterocycles. The number of nitrogens with two attached hydrogens (primary N) is 1. The Labute approximate surface area is 143 Å². The van der Waals surface area contributed by atoms with Gasteiger partial charge in [-0.2, -0.15) is 0 Å². The van der Waals surface area contributed by atoms with Crippen LogP contribution in [0.1, 0.15) is 53.2 Å². The number of ether oxygens (including phenoxy) is 1. The van der Waals surface area contributed by atoms with E-state index in [-0.39, 0.29) is 17.7 Å². The molecule has 0 bridgehead atoms. The minimum atomic E-state index is -0.366. The molecule has 2 N–H and O–H groups in total. The third-order valence-corrected chi connectivity index (χ3v) is 3.66. The minimum Gasteiger partial charge on any atom is -0.465 e. The van der Waals surface area contributed by atoms with Crippen LogP contribution in [0, 0.1) is 12.7 Å². The molecule has 2 rings (SSSR count). The van der Waals surface area contributed by atoms with E-state index in [1.807, 2.05) is 32.0 Å². The van der Waals surface area contributed by atoms with E-state index in [0.29, 0.717) is 5.56 Å². The van der Waals surface area contributed by atoms with E-state index in [1.54, 1.807) is 12.1 Å². The topological polar surface area (TPSA) is 52.3 Å². The first-order valence-corrected chi connectivity index (χ1v) is 8.08. The maximum Gasteiger partial charge on any atom is 0.337 e. The van der Waals surface area contributed by atoms with E-state index in [0.717, 1.165) is 29.7 Å². The molecule has 0 saturated carbocycles. The smallest absolute Gasteiger partial charge is 0.337 e. The van der Waals surface area contributed by atoms with Gasteiger partial charge in [0.15, 0.2) is 0 Å². The molecule has 1 unspecified atom stereocenters. The molecule has 0 spiro atoms. The molecule has 0 saturated heterocycles. The van der Waals surface area contributed by atoms with Crippen molar-refractivity contribution in [1.82, 2.24) is 0 Å². The zero-order chi connectivity index (χ0) is 18.1. The highest BCUT2D eigenvalue weighted by molar-refractivity contribution is 5.89. The first kappa shape index (κ1) is 19.8. The standard InChI is InChI=1S/C17H17FO2.C3H9N/c1-11-7-15(10-16(18)8-11)12(2)13-5-4-6-14(9-13)17(19)20-3;1-2-3-4/h4-10,12H,1-3H3;2-4H2,1H3. The third kappa shape index (κ3) is 5.78. The highest BCUT2D eigenvalue weighted by atomic mass is 19.1. The summed E-state index contributed by atoms with van der Waals surface area (Å²) in [6.45, 7) is 6.73. The lowest BCUT2D eigenvalue weighted by Gasteiger charge is -2.14. The molecule has 0 aliphatic heterocycles. The summed E-state index contributed by atoms with van der Waals surface area (Å²) >= 11 is 0. The monoisotopic (exact) mass is 331 g/mol. The lowest BCUT2D eigenvalue weighted by molar-refractivity contribution is 0.0600. The number of benzene rings is 2. The van der Waals surface area contributed by atoms with E-state index in [2.05, 4.69) is 6.92 Å². The molecule has 0 amide bonds. The molecule has 0 fully saturated rings. The molecule has 0 radical (unpaired) electrons. The van der Waals surface area contributed by atoms with Crippen molar-refractivity contribution in [1.29, 1.82) is 0 Å². The SMILES string of the molecule is CCCN.COC(=O)c1cccc(C(C)c2cc(C)cc(F)c2)c1. The van der Waals surface area contributed by atoms with Crippen LogP contribution in [0.5, 0.6) is 0 Å². The van der Waals surface area contributed by atoms with Crippen molar-refractivity contribution in [2.45, 2.75) is 33.1 Å². The van der Waals surface area contributed by atoms with Crippen LogP contribution in [-0.4, -0.2) is 19.6 Å². The second-order valence-electron chi connectivity index (χ2n) is 5.69. The van der Waals surface area contributed by atoms with E-state index >= 15 is 0 Å². The Morgan fingerprint density at radius 3 is 2.42 bits per heavy atom. The fourth-order valence-corrected chi connectivity index (χ4v) is 2.26. The molecular weight excluding hydrogens is 305 g/mol. The van der Waals surface area contributed by atoms with E-state index in [4.69, 9.17) is 10.5 Å². The van der Waals surface area contributed by atoms with E-state index < -0.39 is 0 Å². The van der Waals surface area contributed by atoms with Gasteiger partial charge in [-0.05, 0) is 60.8 Å². The molecule has 130 valence electrons. The van der Waals surface area contributed by atoms with Crippen molar-refractivity contribution >= 4 is 5.97 Å². The molecule has 0 aliphatic carbocycles. The van der Waals surface area contributed by atoms with Crippen LogP contribution in [-0.2, 0) is 4.74 Å². The van der Waals surface area contributed by atoms with Crippen molar-refractivity contribution < 1.29 is 13.9 Å². The lowest BCUT2D eigenvalue weighted by atomic mass is 9.91. The summed E-state index contributed by atoms with van der Waals surface area (Å²) < 4.78 is 18.2. The van der Waals surface area contributed by atoms with Crippen LogP contribution in [0.2, 0.25) is 0 Å². The van der Waals surface area contributed by atoms with Crippen molar-refractivity contribution in [2.24, 2.45) is 5.73 Å². The number of rotatable bonds is 4. The molecule has 3 nitrogen and oxygen atoms in total. The molecule has 2 aromatic rings. The van der Waals surface area contributed by atoms with Gasteiger partial charge in [0, 0.05) is 5.92 Å². The number of esters is 1. The quantitative estimate of drug-likeness (QED) is 0.843. The fourth-order valence-electron chi connectivity index (χ4n) is 2.26. The number of carbonyl (C=O) groups excluding carboxylic acids is 1. The summed E-state index contributed by atoms with van der Waals surface area (Å²) in [5.41, 5.74) is 8.27. The van der Waals surface area contributed by atoms with E-state index in [1.165, 1.54) is 19.2 Å².